The Morgan fingerprint density at radius 3 is 1.50 bits per heavy atom. The van der Waals surface area contributed by atoms with Crippen molar-refractivity contribution in [2.75, 3.05) is 0 Å². The van der Waals surface area contributed by atoms with Gasteiger partial charge in [-0.25, -0.2) is 0 Å². The third kappa shape index (κ3) is 2.29. The van der Waals surface area contributed by atoms with Crippen molar-refractivity contribution in [3.05, 3.63) is 69.7 Å². The minimum atomic E-state index is -1.08. The van der Waals surface area contributed by atoms with Gasteiger partial charge >= 0.3 is 0 Å². The summed E-state index contributed by atoms with van der Waals surface area (Å²) in [6.45, 7) is 0. The summed E-state index contributed by atoms with van der Waals surface area (Å²) in [5.74, 6) is 0. The first-order valence-electron chi connectivity index (χ1n) is 6.39. The molecule has 0 aliphatic heterocycles. The van der Waals surface area contributed by atoms with E-state index in [-0.39, 0.29) is 4.32 Å². The molecule has 0 saturated heterocycles. The third-order valence-electron chi connectivity index (χ3n) is 3.86. The smallest absolute Gasteiger partial charge is 0.130 e. The predicted molar refractivity (Wildman–Crippen MR) is 86.8 cm³/mol. The molecule has 1 N–H and O–H groups in total. The molecule has 0 atom stereocenters. The van der Waals surface area contributed by atoms with Gasteiger partial charge in [-0.2, -0.15) is 0 Å². The fourth-order valence-corrected chi connectivity index (χ4v) is 3.45. The number of halogens is 3. The van der Waals surface area contributed by atoms with Gasteiger partial charge in [0.25, 0.3) is 0 Å². The summed E-state index contributed by atoms with van der Waals surface area (Å²) < 4.78 is -0.318. The fourth-order valence-electron chi connectivity index (χ4n) is 2.54. The van der Waals surface area contributed by atoms with E-state index in [4.69, 9.17) is 23.2 Å². The van der Waals surface area contributed by atoms with Crippen LogP contribution in [0.4, 0.5) is 0 Å². The van der Waals surface area contributed by atoms with Crippen LogP contribution in [0.5, 0.6) is 0 Å². The van der Waals surface area contributed by atoms with Crippen LogP contribution in [0.1, 0.15) is 24.0 Å². The highest BCUT2D eigenvalue weighted by Gasteiger charge is 2.58. The summed E-state index contributed by atoms with van der Waals surface area (Å²) in [4.78, 5) is 0. The van der Waals surface area contributed by atoms with Crippen LogP contribution in [0.2, 0.25) is 10.0 Å². The molecule has 1 fully saturated rings. The zero-order chi connectivity index (χ0) is 14.4. The lowest BCUT2D eigenvalue weighted by atomic mass is 9.82. The Labute approximate surface area is 136 Å². The first kappa shape index (κ1) is 14.4. The summed E-state index contributed by atoms with van der Waals surface area (Å²) in [6, 6.07) is 14.7. The molecule has 0 bridgehead atoms. The van der Waals surface area contributed by atoms with Gasteiger partial charge in [0.2, 0.25) is 0 Å². The first-order chi connectivity index (χ1) is 9.46. The SMILES string of the molecule is OC(c1ccc(Cl)cc1)(c1ccc(Cl)cc1)C1(Br)CC1. The highest BCUT2D eigenvalue weighted by Crippen LogP contribution is 2.59. The summed E-state index contributed by atoms with van der Waals surface area (Å²) in [6.07, 6.45) is 1.85. The van der Waals surface area contributed by atoms with Gasteiger partial charge in [0.05, 0.1) is 4.32 Å². The number of benzene rings is 2. The van der Waals surface area contributed by atoms with Gasteiger partial charge < -0.3 is 5.11 Å². The second kappa shape index (κ2) is 5.03. The summed E-state index contributed by atoms with van der Waals surface area (Å²) in [5.41, 5.74) is 0.583. The minimum Gasteiger partial charge on any atom is -0.379 e. The van der Waals surface area contributed by atoms with Gasteiger partial charge in [0, 0.05) is 10.0 Å². The molecule has 0 spiro atoms. The maximum atomic E-state index is 11.4. The normalized spacial score (nSPS) is 17.0. The molecule has 104 valence electrons. The van der Waals surface area contributed by atoms with Gasteiger partial charge in [-0.1, -0.05) is 63.4 Å². The van der Waals surface area contributed by atoms with Gasteiger partial charge in [-0.15, -0.1) is 0 Å². The average molecular weight is 372 g/mol. The van der Waals surface area contributed by atoms with E-state index in [2.05, 4.69) is 15.9 Å². The summed E-state index contributed by atoms with van der Waals surface area (Å²) >= 11 is 15.6. The molecule has 0 amide bonds. The van der Waals surface area contributed by atoms with Crippen molar-refractivity contribution in [3.63, 3.8) is 0 Å². The number of hydrogen-bond acceptors (Lipinski definition) is 1. The van der Waals surface area contributed by atoms with E-state index in [0.29, 0.717) is 10.0 Å². The molecule has 1 aliphatic carbocycles. The van der Waals surface area contributed by atoms with Crippen LogP contribution in [0.25, 0.3) is 0 Å². The van der Waals surface area contributed by atoms with E-state index in [1.807, 2.05) is 24.3 Å². The van der Waals surface area contributed by atoms with Crippen molar-refractivity contribution in [3.8, 4) is 0 Å². The van der Waals surface area contributed by atoms with Gasteiger partial charge in [-0.3, -0.25) is 0 Å². The molecule has 1 saturated carbocycles. The molecular formula is C16H13BrCl2O. The molecule has 1 nitrogen and oxygen atoms in total. The van der Waals surface area contributed by atoms with Crippen molar-refractivity contribution in [2.45, 2.75) is 22.8 Å². The minimum absolute atomic E-state index is 0.318. The molecule has 0 aromatic heterocycles. The molecule has 3 rings (SSSR count). The first-order valence-corrected chi connectivity index (χ1v) is 7.94. The monoisotopic (exact) mass is 370 g/mol. The number of alkyl halides is 1. The topological polar surface area (TPSA) is 20.2 Å². The second-order valence-corrected chi connectivity index (χ2v) is 7.58. The average Bonchev–Trinajstić information content (AvgIpc) is 3.19. The Morgan fingerprint density at radius 2 is 1.20 bits per heavy atom. The Balaban J connectivity index is 2.14. The van der Waals surface area contributed by atoms with E-state index in [1.165, 1.54) is 0 Å². The van der Waals surface area contributed by atoms with E-state index < -0.39 is 5.60 Å². The molecule has 4 heteroatoms. The zero-order valence-corrected chi connectivity index (χ0v) is 13.7. The second-order valence-electron chi connectivity index (χ2n) is 5.19. The van der Waals surface area contributed by atoms with Crippen molar-refractivity contribution in [2.24, 2.45) is 0 Å². The summed E-state index contributed by atoms with van der Waals surface area (Å²) in [7, 11) is 0. The molecule has 20 heavy (non-hydrogen) atoms. The number of hydrogen-bond donors (Lipinski definition) is 1. The van der Waals surface area contributed by atoms with E-state index in [1.54, 1.807) is 24.3 Å². The lowest BCUT2D eigenvalue weighted by Gasteiger charge is -2.34. The van der Waals surface area contributed by atoms with Crippen molar-refractivity contribution >= 4 is 39.1 Å². The van der Waals surface area contributed by atoms with Gasteiger partial charge in [0.1, 0.15) is 5.60 Å². The van der Waals surface area contributed by atoms with Crippen LogP contribution in [0.3, 0.4) is 0 Å². The number of rotatable bonds is 3. The van der Waals surface area contributed by atoms with Gasteiger partial charge in [0.15, 0.2) is 0 Å². The third-order valence-corrected chi connectivity index (χ3v) is 5.73. The zero-order valence-electron chi connectivity index (χ0n) is 10.6. The molecular weight excluding hydrogens is 359 g/mol. The lowest BCUT2D eigenvalue weighted by Crippen LogP contribution is -2.38. The molecule has 0 radical (unpaired) electrons. The molecule has 0 unspecified atom stereocenters. The van der Waals surface area contributed by atoms with Crippen LogP contribution in [-0.4, -0.2) is 9.43 Å². The van der Waals surface area contributed by atoms with Crippen molar-refractivity contribution < 1.29 is 5.11 Å². The Kier molecular flexibility index (Phi) is 3.62. The molecule has 0 heterocycles. The van der Waals surface area contributed by atoms with Crippen molar-refractivity contribution in [1.82, 2.24) is 0 Å². The molecule has 2 aromatic rings. The maximum absolute atomic E-state index is 11.4. The highest BCUT2D eigenvalue weighted by molar-refractivity contribution is 9.10. The van der Waals surface area contributed by atoms with Crippen LogP contribution in [0.15, 0.2) is 48.5 Å². The van der Waals surface area contributed by atoms with Crippen LogP contribution in [-0.2, 0) is 5.60 Å². The quantitative estimate of drug-likeness (QED) is 0.739. The fraction of sp³-hybridized carbons (Fsp3) is 0.250. The Morgan fingerprint density at radius 1 is 0.850 bits per heavy atom. The molecule has 2 aromatic carbocycles. The van der Waals surface area contributed by atoms with E-state index in [9.17, 15) is 5.11 Å². The van der Waals surface area contributed by atoms with Gasteiger partial charge in [-0.05, 0) is 48.2 Å². The predicted octanol–water partition coefficient (Wildman–Crippen LogP) is 5.16. The summed E-state index contributed by atoms with van der Waals surface area (Å²) in [5, 5.41) is 12.7. The van der Waals surface area contributed by atoms with Crippen LogP contribution >= 0.6 is 39.1 Å². The molecule has 1 aliphatic rings. The number of aliphatic hydroxyl groups is 1. The van der Waals surface area contributed by atoms with E-state index in [0.717, 1.165) is 24.0 Å². The standard InChI is InChI=1S/C16H13BrCl2O/c17-15(9-10-15)16(20,11-1-5-13(18)6-2-11)12-3-7-14(19)8-4-12/h1-8,20H,9-10H2. The Bertz CT molecular complexity index is 572. The highest BCUT2D eigenvalue weighted by atomic mass is 79.9. The van der Waals surface area contributed by atoms with Crippen molar-refractivity contribution in [1.29, 1.82) is 0 Å². The van der Waals surface area contributed by atoms with Crippen LogP contribution in [0, 0.1) is 0 Å². The Hall–Kier alpha value is -0.540. The maximum Gasteiger partial charge on any atom is 0.130 e. The van der Waals surface area contributed by atoms with E-state index >= 15 is 0 Å². The lowest BCUT2D eigenvalue weighted by molar-refractivity contribution is 0.0722. The van der Waals surface area contributed by atoms with Crippen LogP contribution < -0.4 is 0 Å². The largest absolute Gasteiger partial charge is 0.379 e.